The van der Waals surface area contributed by atoms with Gasteiger partial charge in [-0.25, -0.2) is 15.0 Å². The number of carbonyl (C=O) groups is 4. The minimum atomic E-state index is -0.718. The summed E-state index contributed by atoms with van der Waals surface area (Å²) in [6.07, 6.45) is 5.36. The lowest BCUT2D eigenvalue weighted by atomic mass is 10.1. The number of furan rings is 1. The van der Waals surface area contributed by atoms with Crippen molar-refractivity contribution in [1.82, 2.24) is 5.43 Å². The molecule has 0 unspecified atom stereocenters. The molecule has 0 saturated carbocycles. The average Bonchev–Trinajstić information content (AvgIpc) is 3.70. The van der Waals surface area contributed by atoms with Crippen LogP contribution in [0.4, 0.5) is 5.69 Å². The first-order valence-corrected chi connectivity index (χ1v) is 15.2. The molecule has 0 aliphatic carbocycles. The molecule has 13 nitrogen and oxygen atoms in total. The summed E-state index contributed by atoms with van der Waals surface area (Å²) in [6.45, 7) is 0. The fraction of sp³-hybridized carbons (Fsp3) is 0.0789. The summed E-state index contributed by atoms with van der Waals surface area (Å²) in [5.74, 6) is -0.899. The van der Waals surface area contributed by atoms with E-state index in [1.54, 1.807) is 66.7 Å². The van der Waals surface area contributed by atoms with Gasteiger partial charge in [-0.05, 0) is 72.8 Å². The molecule has 258 valence electrons. The number of ether oxygens (including phenoxy) is 5. The Morgan fingerprint density at radius 1 is 0.667 bits per heavy atom. The van der Waals surface area contributed by atoms with Crippen molar-refractivity contribution < 1.29 is 47.3 Å². The predicted octanol–water partition coefficient (Wildman–Crippen LogP) is 6.16. The summed E-state index contributed by atoms with van der Waals surface area (Å²) in [5.41, 5.74) is 4.19. The zero-order chi connectivity index (χ0) is 36.2. The SMILES string of the molecule is COc1cc(C(=O)Oc2ccccc2/C=C/C(=O)Oc2ccccc2/C=N/NC(=O)c2ccc(NC(=O)c3ccco3)cc2)cc(OC)c1OC. The molecule has 0 aliphatic heterocycles. The van der Waals surface area contributed by atoms with Crippen LogP contribution in [-0.2, 0) is 4.79 Å². The molecule has 4 aromatic carbocycles. The van der Waals surface area contributed by atoms with Crippen LogP contribution < -0.4 is 34.4 Å². The number of nitrogens with one attached hydrogen (secondary N) is 2. The number of esters is 2. The third-order valence-corrected chi connectivity index (χ3v) is 7.07. The lowest BCUT2D eigenvalue weighted by molar-refractivity contribution is -0.128. The highest BCUT2D eigenvalue weighted by Gasteiger charge is 2.19. The lowest BCUT2D eigenvalue weighted by Crippen LogP contribution is -2.18. The number of hydrogen-bond donors (Lipinski definition) is 2. The van der Waals surface area contributed by atoms with E-state index >= 15 is 0 Å². The molecule has 2 amide bonds. The van der Waals surface area contributed by atoms with Gasteiger partial charge < -0.3 is 33.4 Å². The van der Waals surface area contributed by atoms with Crippen LogP contribution in [0.15, 0.2) is 119 Å². The van der Waals surface area contributed by atoms with Crippen molar-refractivity contribution in [2.45, 2.75) is 0 Å². The van der Waals surface area contributed by atoms with Crippen LogP contribution >= 0.6 is 0 Å². The molecule has 0 bridgehead atoms. The predicted molar refractivity (Wildman–Crippen MR) is 187 cm³/mol. The first kappa shape index (κ1) is 35.2. The van der Waals surface area contributed by atoms with Crippen molar-refractivity contribution in [3.63, 3.8) is 0 Å². The molecule has 0 aliphatic rings. The first-order chi connectivity index (χ1) is 24.8. The van der Waals surface area contributed by atoms with Gasteiger partial charge in [-0.15, -0.1) is 0 Å². The van der Waals surface area contributed by atoms with Gasteiger partial charge >= 0.3 is 11.9 Å². The van der Waals surface area contributed by atoms with E-state index in [4.69, 9.17) is 28.1 Å². The van der Waals surface area contributed by atoms with Crippen molar-refractivity contribution in [1.29, 1.82) is 0 Å². The second-order valence-corrected chi connectivity index (χ2v) is 10.3. The third kappa shape index (κ3) is 9.06. The normalized spacial score (nSPS) is 10.8. The maximum atomic E-state index is 13.1. The summed E-state index contributed by atoms with van der Waals surface area (Å²) in [5, 5.41) is 6.66. The molecule has 0 saturated heterocycles. The van der Waals surface area contributed by atoms with E-state index in [1.165, 1.54) is 76.3 Å². The van der Waals surface area contributed by atoms with Gasteiger partial charge in [-0.3, -0.25) is 9.59 Å². The first-order valence-electron chi connectivity index (χ1n) is 15.2. The highest BCUT2D eigenvalue weighted by molar-refractivity contribution is 6.03. The summed E-state index contributed by atoms with van der Waals surface area (Å²) < 4.78 is 32.2. The van der Waals surface area contributed by atoms with Crippen molar-refractivity contribution in [2.75, 3.05) is 26.6 Å². The molecule has 5 rings (SSSR count). The summed E-state index contributed by atoms with van der Waals surface area (Å²) >= 11 is 0. The molecule has 51 heavy (non-hydrogen) atoms. The van der Waals surface area contributed by atoms with Crippen molar-refractivity contribution in [2.24, 2.45) is 5.10 Å². The van der Waals surface area contributed by atoms with Gasteiger partial charge in [0.25, 0.3) is 11.8 Å². The van der Waals surface area contributed by atoms with Crippen LogP contribution in [0.1, 0.15) is 42.4 Å². The Balaban J connectivity index is 1.19. The maximum Gasteiger partial charge on any atom is 0.343 e. The fourth-order valence-corrected chi connectivity index (χ4v) is 4.58. The van der Waals surface area contributed by atoms with Crippen LogP contribution in [0, 0.1) is 0 Å². The Labute approximate surface area is 292 Å². The second-order valence-electron chi connectivity index (χ2n) is 10.3. The summed E-state index contributed by atoms with van der Waals surface area (Å²) in [7, 11) is 4.33. The van der Waals surface area contributed by atoms with E-state index in [2.05, 4.69) is 15.8 Å². The van der Waals surface area contributed by atoms with Crippen molar-refractivity contribution in [3.05, 3.63) is 137 Å². The Morgan fingerprint density at radius 3 is 1.94 bits per heavy atom. The minimum Gasteiger partial charge on any atom is -0.493 e. The topological polar surface area (TPSA) is 164 Å². The molecule has 0 spiro atoms. The number of nitrogens with zero attached hydrogens (tertiary/aromatic N) is 1. The zero-order valence-corrected chi connectivity index (χ0v) is 27.6. The van der Waals surface area contributed by atoms with E-state index in [9.17, 15) is 19.2 Å². The molecule has 13 heteroatoms. The highest BCUT2D eigenvalue weighted by atomic mass is 16.5. The second kappa shape index (κ2) is 16.8. The van der Waals surface area contributed by atoms with E-state index in [0.29, 0.717) is 28.1 Å². The van der Waals surface area contributed by atoms with Gasteiger partial charge in [-0.2, -0.15) is 5.10 Å². The number of benzene rings is 4. The zero-order valence-electron chi connectivity index (χ0n) is 27.6. The monoisotopic (exact) mass is 689 g/mol. The third-order valence-electron chi connectivity index (χ3n) is 7.07. The molecular formula is C38H31N3O10. The van der Waals surface area contributed by atoms with Gasteiger partial charge in [0.15, 0.2) is 17.3 Å². The number of hydrazone groups is 1. The number of carbonyl (C=O) groups excluding carboxylic acids is 4. The Morgan fingerprint density at radius 2 is 1.31 bits per heavy atom. The molecule has 1 heterocycles. The molecule has 2 N–H and O–H groups in total. The molecule has 1 aromatic heterocycles. The van der Waals surface area contributed by atoms with E-state index in [-0.39, 0.29) is 34.3 Å². The number of para-hydroxylation sites is 2. The molecule has 5 aromatic rings. The molecular weight excluding hydrogens is 658 g/mol. The van der Waals surface area contributed by atoms with Crippen LogP contribution in [-0.4, -0.2) is 51.3 Å². The van der Waals surface area contributed by atoms with E-state index in [1.807, 2.05) is 0 Å². The standard InChI is InChI=1S/C38H31N3O10/c1-46-32-21-27(22-33(47-2)35(32)48-3)38(45)51-29-11-6-4-9-24(29)16-19-34(42)50-30-12-7-5-10-26(30)23-39-41-36(43)25-14-17-28(18-15-25)40-37(44)31-13-8-20-49-31/h4-23H,1-3H3,(H,40,44)(H,41,43)/b19-16+,39-23+. The summed E-state index contributed by atoms with van der Waals surface area (Å²) in [6, 6.07) is 25.5. The van der Waals surface area contributed by atoms with Crippen LogP contribution in [0.5, 0.6) is 28.7 Å². The van der Waals surface area contributed by atoms with Gasteiger partial charge in [0.2, 0.25) is 5.75 Å². The number of anilines is 1. The van der Waals surface area contributed by atoms with Gasteiger partial charge in [0.1, 0.15) is 11.5 Å². The van der Waals surface area contributed by atoms with E-state index < -0.39 is 23.8 Å². The van der Waals surface area contributed by atoms with Crippen LogP contribution in [0.25, 0.3) is 6.08 Å². The molecule has 0 atom stereocenters. The fourth-order valence-electron chi connectivity index (χ4n) is 4.58. The van der Waals surface area contributed by atoms with Crippen molar-refractivity contribution >= 4 is 41.7 Å². The lowest BCUT2D eigenvalue weighted by Gasteiger charge is -2.14. The smallest absolute Gasteiger partial charge is 0.343 e. The Bertz CT molecular complexity index is 2060. The van der Waals surface area contributed by atoms with Gasteiger partial charge in [-0.1, -0.05) is 30.3 Å². The van der Waals surface area contributed by atoms with E-state index in [0.717, 1.165) is 0 Å². The van der Waals surface area contributed by atoms with Crippen LogP contribution in [0.3, 0.4) is 0 Å². The van der Waals surface area contributed by atoms with Gasteiger partial charge in [0.05, 0.1) is 39.4 Å². The summed E-state index contributed by atoms with van der Waals surface area (Å²) in [4.78, 5) is 50.7. The number of methoxy groups -OCH3 is 3. The van der Waals surface area contributed by atoms with Crippen LogP contribution in [0.2, 0.25) is 0 Å². The largest absolute Gasteiger partial charge is 0.493 e. The Hall–Kier alpha value is -7.15. The highest BCUT2D eigenvalue weighted by Crippen LogP contribution is 2.38. The molecule has 0 radical (unpaired) electrons. The quantitative estimate of drug-likeness (QED) is 0.0481. The maximum absolute atomic E-state index is 13.1. The number of amides is 2. The number of rotatable bonds is 13. The molecule has 0 fully saturated rings. The minimum absolute atomic E-state index is 0.155. The number of hydrogen-bond acceptors (Lipinski definition) is 11. The Kier molecular flexibility index (Phi) is 11.6. The average molecular weight is 690 g/mol. The van der Waals surface area contributed by atoms with Crippen molar-refractivity contribution in [3.8, 4) is 28.7 Å². The van der Waals surface area contributed by atoms with Gasteiger partial charge in [0, 0.05) is 28.5 Å².